The zero-order valence-electron chi connectivity index (χ0n) is 12.1. The van der Waals surface area contributed by atoms with Crippen molar-refractivity contribution in [2.45, 2.75) is 32.4 Å². The van der Waals surface area contributed by atoms with Gasteiger partial charge in [-0.2, -0.15) is 0 Å². The molecule has 0 spiro atoms. The summed E-state index contributed by atoms with van der Waals surface area (Å²) in [5.74, 6) is 0. The zero-order valence-corrected chi connectivity index (χ0v) is 12.9. The minimum Gasteiger partial charge on any atom is -0.342 e. The van der Waals surface area contributed by atoms with E-state index in [1.54, 1.807) is 0 Å². The Labute approximate surface area is 131 Å². The minimum absolute atomic E-state index is 0.573. The first-order valence-electron chi connectivity index (χ1n) is 7.25. The number of anilines is 1. The lowest BCUT2D eigenvalue weighted by Crippen LogP contribution is -2.36. The third-order valence-corrected chi connectivity index (χ3v) is 3.99. The molecule has 1 N–H and O–H groups in total. The van der Waals surface area contributed by atoms with Gasteiger partial charge in [0, 0.05) is 30.7 Å². The van der Waals surface area contributed by atoms with Gasteiger partial charge in [-0.3, -0.25) is 4.98 Å². The number of nitrogens with zero attached hydrogens (tertiary/aromatic N) is 2. The smallest absolute Gasteiger partial charge is 0.173 e. The summed E-state index contributed by atoms with van der Waals surface area (Å²) in [7, 11) is 0. The molecular formula is C17H19N3S. The summed E-state index contributed by atoms with van der Waals surface area (Å²) in [6.07, 6.45) is 6.11. The summed E-state index contributed by atoms with van der Waals surface area (Å²) in [6.45, 7) is 2.92. The third kappa shape index (κ3) is 3.79. The first-order valence-corrected chi connectivity index (χ1v) is 7.66. The molecule has 0 radical (unpaired) electrons. The van der Waals surface area contributed by atoms with Crippen molar-refractivity contribution in [3.8, 4) is 0 Å². The Morgan fingerprint density at radius 2 is 1.86 bits per heavy atom. The van der Waals surface area contributed by atoms with Crippen LogP contribution in [0.2, 0.25) is 0 Å². The van der Waals surface area contributed by atoms with Gasteiger partial charge >= 0.3 is 0 Å². The van der Waals surface area contributed by atoms with Crippen LogP contribution >= 0.6 is 12.2 Å². The molecule has 3 nitrogen and oxygen atoms in total. The average molecular weight is 297 g/mol. The van der Waals surface area contributed by atoms with Crippen molar-refractivity contribution in [1.82, 2.24) is 9.88 Å². The molecule has 2 aromatic rings. The Hall–Kier alpha value is -1.94. The fourth-order valence-corrected chi connectivity index (χ4v) is 2.60. The molecule has 1 heterocycles. The standard InChI is InChI=1S/C17H19N3S/c1-13-2-4-15(5-3-13)19-17(21)20(16-6-7-16)12-14-8-10-18-11-9-14/h2-5,8-11,16H,6-7,12H2,1H3,(H,19,21). The van der Waals surface area contributed by atoms with E-state index in [1.807, 2.05) is 24.5 Å². The Bertz CT molecular complexity index is 606. The van der Waals surface area contributed by atoms with Crippen LogP contribution in [0.1, 0.15) is 24.0 Å². The van der Waals surface area contributed by atoms with Crippen molar-refractivity contribution in [3.05, 3.63) is 59.9 Å². The van der Waals surface area contributed by atoms with E-state index >= 15 is 0 Å². The second-order valence-corrected chi connectivity index (χ2v) is 5.90. The summed E-state index contributed by atoms with van der Waals surface area (Å²) < 4.78 is 0. The summed E-state index contributed by atoms with van der Waals surface area (Å²) in [5.41, 5.74) is 3.54. The van der Waals surface area contributed by atoms with Crippen molar-refractivity contribution in [1.29, 1.82) is 0 Å². The lowest BCUT2D eigenvalue weighted by atomic mass is 10.2. The van der Waals surface area contributed by atoms with Gasteiger partial charge in [-0.1, -0.05) is 17.7 Å². The highest BCUT2D eigenvalue weighted by molar-refractivity contribution is 7.80. The average Bonchev–Trinajstić information content (AvgIpc) is 3.33. The molecule has 1 aromatic carbocycles. The van der Waals surface area contributed by atoms with Crippen molar-refractivity contribution < 1.29 is 0 Å². The highest BCUT2D eigenvalue weighted by atomic mass is 32.1. The van der Waals surface area contributed by atoms with Gasteiger partial charge in [-0.25, -0.2) is 0 Å². The lowest BCUT2D eigenvalue weighted by molar-refractivity contribution is 0.409. The summed E-state index contributed by atoms with van der Waals surface area (Å²) in [4.78, 5) is 6.35. The Morgan fingerprint density at radius 1 is 1.19 bits per heavy atom. The monoisotopic (exact) mass is 297 g/mol. The molecule has 0 unspecified atom stereocenters. The Kier molecular flexibility index (Phi) is 4.15. The molecule has 0 saturated heterocycles. The number of pyridine rings is 1. The van der Waals surface area contributed by atoms with Gasteiger partial charge in [0.2, 0.25) is 0 Å². The van der Waals surface area contributed by atoms with E-state index in [2.05, 4.69) is 46.4 Å². The second-order valence-electron chi connectivity index (χ2n) is 5.51. The van der Waals surface area contributed by atoms with Gasteiger partial charge in [0.25, 0.3) is 0 Å². The van der Waals surface area contributed by atoms with Gasteiger partial charge in [0.15, 0.2) is 5.11 Å². The number of aromatic nitrogens is 1. The molecule has 1 aromatic heterocycles. The SMILES string of the molecule is Cc1ccc(NC(=S)N(Cc2ccncc2)C2CC2)cc1. The topological polar surface area (TPSA) is 28.2 Å². The largest absolute Gasteiger partial charge is 0.342 e. The maximum atomic E-state index is 5.60. The summed E-state index contributed by atoms with van der Waals surface area (Å²) >= 11 is 5.60. The van der Waals surface area contributed by atoms with E-state index < -0.39 is 0 Å². The maximum Gasteiger partial charge on any atom is 0.173 e. The quantitative estimate of drug-likeness (QED) is 0.870. The zero-order chi connectivity index (χ0) is 14.7. The molecule has 0 atom stereocenters. The fraction of sp³-hybridized carbons (Fsp3) is 0.294. The van der Waals surface area contributed by atoms with Gasteiger partial charge in [-0.15, -0.1) is 0 Å². The van der Waals surface area contributed by atoms with Crippen LogP contribution in [-0.2, 0) is 6.54 Å². The Balaban J connectivity index is 1.69. The molecular weight excluding hydrogens is 278 g/mol. The van der Waals surface area contributed by atoms with E-state index in [1.165, 1.54) is 24.0 Å². The van der Waals surface area contributed by atoms with E-state index in [4.69, 9.17) is 12.2 Å². The van der Waals surface area contributed by atoms with Crippen LogP contribution in [0, 0.1) is 6.92 Å². The number of nitrogens with one attached hydrogen (secondary N) is 1. The maximum absolute atomic E-state index is 5.60. The molecule has 21 heavy (non-hydrogen) atoms. The third-order valence-electron chi connectivity index (χ3n) is 3.65. The number of aryl methyl sites for hydroxylation is 1. The minimum atomic E-state index is 0.573. The second kappa shape index (κ2) is 6.22. The van der Waals surface area contributed by atoms with Gasteiger partial charge in [0.1, 0.15) is 0 Å². The molecule has 1 fully saturated rings. The lowest BCUT2D eigenvalue weighted by Gasteiger charge is -2.26. The molecule has 0 bridgehead atoms. The molecule has 0 amide bonds. The Morgan fingerprint density at radius 3 is 2.48 bits per heavy atom. The van der Waals surface area contributed by atoms with E-state index in [9.17, 15) is 0 Å². The highest BCUT2D eigenvalue weighted by Crippen LogP contribution is 2.29. The van der Waals surface area contributed by atoms with Crippen molar-refractivity contribution in [2.24, 2.45) is 0 Å². The van der Waals surface area contributed by atoms with Crippen molar-refractivity contribution >= 4 is 23.0 Å². The van der Waals surface area contributed by atoms with Crippen molar-refractivity contribution in [3.63, 3.8) is 0 Å². The van der Waals surface area contributed by atoms with Gasteiger partial charge in [0.05, 0.1) is 0 Å². The van der Waals surface area contributed by atoms with E-state index in [0.29, 0.717) is 6.04 Å². The molecule has 1 aliphatic rings. The first-order chi connectivity index (χ1) is 10.2. The first kappa shape index (κ1) is 14.0. The van der Waals surface area contributed by atoms with Crippen LogP contribution in [0.25, 0.3) is 0 Å². The van der Waals surface area contributed by atoms with Gasteiger partial charge < -0.3 is 10.2 Å². The summed E-state index contributed by atoms with van der Waals surface area (Å²) in [6, 6.07) is 13.0. The van der Waals surface area contributed by atoms with Crippen LogP contribution in [0.5, 0.6) is 0 Å². The number of thiocarbonyl (C=S) groups is 1. The van der Waals surface area contributed by atoms with E-state index in [-0.39, 0.29) is 0 Å². The molecule has 108 valence electrons. The highest BCUT2D eigenvalue weighted by Gasteiger charge is 2.30. The molecule has 3 rings (SSSR count). The fourth-order valence-electron chi connectivity index (χ4n) is 2.27. The van der Waals surface area contributed by atoms with Crippen LogP contribution in [0.15, 0.2) is 48.8 Å². The number of benzene rings is 1. The van der Waals surface area contributed by atoms with Crippen LogP contribution in [-0.4, -0.2) is 21.0 Å². The molecule has 1 saturated carbocycles. The predicted octanol–water partition coefficient (Wildman–Crippen LogP) is 3.75. The van der Waals surface area contributed by atoms with Crippen LogP contribution in [0.3, 0.4) is 0 Å². The normalized spacial score (nSPS) is 13.8. The van der Waals surface area contributed by atoms with Crippen molar-refractivity contribution in [2.75, 3.05) is 5.32 Å². The van der Waals surface area contributed by atoms with E-state index in [0.717, 1.165) is 17.3 Å². The number of rotatable bonds is 4. The van der Waals surface area contributed by atoms with Crippen LogP contribution < -0.4 is 5.32 Å². The molecule has 1 aliphatic carbocycles. The van der Waals surface area contributed by atoms with Crippen LogP contribution in [0.4, 0.5) is 5.69 Å². The summed E-state index contributed by atoms with van der Waals surface area (Å²) in [5, 5.41) is 4.16. The molecule has 0 aliphatic heterocycles. The number of hydrogen-bond acceptors (Lipinski definition) is 2. The predicted molar refractivity (Wildman–Crippen MR) is 90.2 cm³/mol. The number of hydrogen-bond donors (Lipinski definition) is 1. The molecule has 4 heteroatoms. The van der Waals surface area contributed by atoms with Gasteiger partial charge in [-0.05, 0) is 61.8 Å².